The summed E-state index contributed by atoms with van der Waals surface area (Å²) < 4.78 is 1.38. The highest BCUT2D eigenvalue weighted by atomic mass is 35.5. The summed E-state index contributed by atoms with van der Waals surface area (Å²) >= 11 is 7.27. The van der Waals surface area contributed by atoms with E-state index in [4.69, 9.17) is 17.4 Å². The Morgan fingerprint density at radius 3 is 2.57 bits per heavy atom. The molecule has 0 radical (unpaired) electrons. The van der Waals surface area contributed by atoms with E-state index in [0.717, 1.165) is 17.5 Å². The quantitative estimate of drug-likeness (QED) is 0.396. The molecular weight excluding hydrogens is 418 g/mol. The second-order valence-corrected chi connectivity index (χ2v) is 8.98. The molecule has 6 nitrogen and oxygen atoms in total. The number of nitrogens with zero attached hydrogens (tertiary/aromatic N) is 3. The predicted octanol–water partition coefficient (Wildman–Crippen LogP) is 4.48. The van der Waals surface area contributed by atoms with Crippen molar-refractivity contribution in [3.8, 4) is 11.4 Å². The van der Waals surface area contributed by atoms with Gasteiger partial charge in [-0.15, -0.1) is 10.2 Å². The first-order chi connectivity index (χ1) is 14.3. The van der Waals surface area contributed by atoms with Crippen molar-refractivity contribution >= 4 is 29.3 Å². The molecular formula is C22H26ClN5OS. The molecule has 3 rings (SSSR count). The van der Waals surface area contributed by atoms with Crippen LogP contribution in [-0.2, 0) is 11.2 Å². The molecule has 3 N–H and O–H groups in total. The van der Waals surface area contributed by atoms with Gasteiger partial charge in [0, 0.05) is 10.6 Å². The monoisotopic (exact) mass is 443 g/mol. The van der Waals surface area contributed by atoms with Crippen LogP contribution >= 0.6 is 23.4 Å². The van der Waals surface area contributed by atoms with E-state index in [2.05, 4.69) is 53.6 Å². The molecule has 8 heteroatoms. The van der Waals surface area contributed by atoms with Gasteiger partial charge in [-0.2, -0.15) is 0 Å². The van der Waals surface area contributed by atoms with E-state index < -0.39 is 0 Å². The first kappa shape index (κ1) is 22.2. The maximum absolute atomic E-state index is 12.4. The molecule has 0 aliphatic heterocycles. The second-order valence-electron chi connectivity index (χ2n) is 7.60. The van der Waals surface area contributed by atoms with Gasteiger partial charge in [0.15, 0.2) is 5.82 Å². The molecule has 1 heterocycles. The zero-order valence-electron chi connectivity index (χ0n) is 17.3. The first-order valence-electron chi connectivity index (χ1n) is 9.81. The van der Waals surface area contributed by atoms with Crippen molar-refractivity contribution in [3.63, 3.8) is 0 Å². The van der Waals surface area contributed by atoms with Crippen molar-refractivity contribution in [2.24, 2.45) is 5.92 Å². The third-order valence-electron chi connectivity index (χ3n) is 4.58. The summed E-state index contributed by atoms with van der Waals surface area (Å²) in [7, 11) is 0. The van der Waals surface area contributed by atoms with Crippen molar-refractivity contribution in [2.45, 2.75) is 38.4 Å². The molecule has 0 spiro atoms. The van der Waals surface area contributed by atoms with Crippen LogP contribution in [0, 0.1) is 5.92 Å². The van der Waals surface area contributed by atoms with E-state index in [9.17, 15) is 4.79 Å². The maximum atomic E-state index is 12.4. The number of hydrogen-bond donors (Lipinski definition) is 2. The lowest BCUT2D eigenvalue weighted by atomic mass is 10.00. The summed E-state index contributed by atoms with van der Waals surface area (Å²) in [5.74, 6) is 7.33. The number of hydrogen-bond acceptors (Lipinski definition) is 5. The summed E-state index contributed by atoms with van der Waals surface area (Å²) in [5, 5.41) is 12.3. The van der Waals surface area contributed by atoms with E-state index in [-0.39, 0.29) is 17.7 Å². The Hall–Kier alpha value is -2.51. The van der Waals surface area contributed by atoms with Gasteiger partial charge in [0.05, 0.1) is 11.8 Å². The fraction of sp³-hybridized carbons (Fsp3) is 0.318. The molecule has 1 amide bonds. The number of nitrogens with one attached hydrogen (secondary N) is 1. The third-order valence-corrected chi connectivity index (χ3v) is 5.76. The third kappa shape index (κ3) is 5.77. The van der Waals surface area contributed by atoms with E-state index in [1.165, 1.54) is 22.0 Å². The lowest BCUT2D eigenvalue weighted by Gasteiger charge is -2.15. The number of halogens is 1. The maximum Gasteiger partial charge on any atom is 0.230 e. The first-order valence-corrected chi connectivity index (χ1v) is 11.2. The Morgan fingerprint density at radius 1 is 1.17 bits per heavy atom. The average molecular weight is 444 g/mol. The fourth-order valence-corrected chi connectivity index (χ4v) is 3.97. The molecule has 0 aliphatic rings. The van der Waals surface area contributed by atoms with Gasteiger partial charge >= 0.3 is 0 Å². The van der Waals surface area contributed by atoms with Gasteiger partial charge in [-0.1, -0.05) is 73.6 Å². The Balaban J connectivity index is 1.56. The summed E-state index contributed by atoms with van der Waals surface area (Å²) in [6.07, 6.45) is 1.05. The smallest absolute Gasteiger partial charge is 0.230 e. The number of benzene rings is 2. The van der Waals surface area contributed by atoms with Crippen molar-refractivity contribution < 1.29 is 4.79 Å². The normalized spacial score (nSPS) is 12.2. The highest BCUT2D eigenvalue weighted by Crippen LogP contribution is 2.24. The molecule has 0 bridgehead atoms. The number of amides is 1. The minimum Gasteiger partial charge on any atom is -0.349 e. The number of nitrogen functional groups attached to an aromatic ring is 1. The zero-order chi connectivity index (χ0) is 21.7. The largest absolute Gasteiger partial charge is 0.349 e. The minimum atomic E-state index is -0.0916. The van der Waals surface area contributed by atoms with E-state index >= 15 is 0 Å². The SMILES string of the molecule is CC(C)Cc1ccc([C@@H](C)NC(=O)CSc2nnc(-c3cccc(Cl)c3)n2N)cc1. The van der Waals surface area contributed by atoms with Gasteiger partial charge in [-0.05, 0) is 42.5 Å². The van der Waals surface area contributed by atoms with Crippen LogP contribution in [0.5, 0.6) is 0 Å². The van der Waals surface area contributed by atoms with Crippen LogP contribution in [0.15, 0.2) is 53.7 Å². The Morgan fingerprint density at radius 2 is 1.90 bits per heavy atom. The molecule has 0 unspecified atom stereocenters. The molecule has 158 valence electrons. The van der Waals surface area contributed by atoms with Crippen LogP contribution in [0.3, 0.4) is 0 Å². The van der Waals surface area contributed by atoms with Gasteiger partial charge < -0.3 is 11.2 Å². The Bertz CT molecular complexity index is 1000. The zero-order valence-corrected chi connectivity index (χ0v) is 18.9. The molecule has 30 heavy (non-hydrogen) atoms. The summed E-state index contributed by atoms with van der Waals surface area (Å²) in [4.78, 5) is 12.4. The van der Waals surface area contributed by atoms with Crippen LogP contribution in [0.2, 0.25) is 5.02 Å². The predicted molar refractivity (Wildman–Crippen MR) is 123 cm³/mol. The van der Waals surface area contributed by atoms with Crippen molar-refractivity contribution in [1.29, 1.82) is 0 Å². The van der Waals surface area contributed by atoms with Gasteiger partial charge in [-0.3, -0.25) is 4.79 Å². The van der Waals surface area contributed by atoms with Crippen molar-refractivity contribution in [3.05, 3.63) is 64.7 Å². The number of carbonyl (C=O) groups is 1. The van der Waals surface area contributed by atoms with Crippen LogP contribution in [0.1, 0.15) is 37.9 Å². The van der Waals surface area contributed by atoms with Gasteiger partial charge in [0.1, 0.15) is 0 Å². The fourth-order valence-electron chi connectivity index (χ4n) is 3.11. The Kier molecular flexibility index (Phi) is 7.39. The molecule has 0 aliphatic carbocycles. The highest BCUT2D eigenvalue weighted by molar-refractivity contribution is 7.99. The van der Waals surface area contributed by atoms with Crippen LogP contribution in [-0.4, -0.2) is 26.5 Å². The van der Waals surface area contributed by atoms with E-state index in [1.54, 1.807) is 12.1 Å². The standard InChI is InChI=1S/C22H26ClN5OS/c1-14(2)11-16-7-9-17(10-8-16)15(3)25-20(29)13-30-22-27-26-21(28(22)24)18-5-4-6-19(23)12-18/h4-10,12,14-15H,11,13,24H2,1-3H3,(H,25,29)/t15-/m1/s1. The van der Waals surface area contributed by atoms with Crippen molar-refractivity contribution in [1.82, 2.24) is 20.2 Å². The summed E-state index contributed by atoms with van der Waals surface area (Å²) in [6, 6.07) is 15.5. The number of rotatable bonds is 8. The average Bonchev–Trinajstić information content (AvgIpc) is 3.07. The number of thioether (sulfide) groups is 1. The van der Waals surface area contributed by atoms with Crippen LogP contribution in [0.25, 0.3) is 11.4 Å². The Labute approximate surface area is 186 Å². The van der Waals surface area contributed by atoms with E-state index in [0.29, 0.717) is 21.9 Å². The van der Waals surface area contributed by atoms with Gasteiger partial charge in [0.25, 0.3) is 0 Å². The number of carbonyl (C=O) groups excluding carboxylic acids is 1. The van der Waals surface area contributed by atoms with Crippen LogP contribution < -0.4 is 11.2 Å². The van der Waals surface area contributed by atoms with Crippen LogP contribution in [0.4, 0.5) is 0 Å². The molecule has 0 fully saturated rings. The minimum absolute atomic E-state index is 0.0797. The number of nitrogens with two attached hydrogens (primary N) is 1. The summed E-state index contributed by atoms with van der Waals surface area (Å²) in [5.41, 5.74) is 3.15. The molecule has 0 saturated carbocycles. The molecule has 1 aromatic heterocycles. The lowest BCUT2D eigenvalue weighted by Crippen LogP contribution is -2.28. The second kappa shape index (κ2) is 10.00. The topological polar surface area (TPSA) is 85.8 Å². The molecule has 3 aromatic rings. The number of aromatic nitrogens is 3. The van der Waals surface area contributed by atoms with E-state index in [1.807, 2.05) is 19.1 Å². The molecule has 2 aromatic carbocycles. The van der Waals surface area contributed by atoms with Crippen molar-refractivity contribution in [2.75, 3.05) is 11.6 Å². The lowest BCUT2D eigenvalue weighted by molar-refractivity contribution is -0.119. The van der Waals surface area contributed by atoms with Gasteiger partial charge in [0.2, 0.25) is 11.1 Å². The summed E-state index contributed by atoms with van der Waals surface area (Å²) in [6.45, 7) is 6.38. The molecule has 0 saturated heterocycles. The van der Waals surface area contributed by atoms with Gasteiger partial charge in [-0.25, -0.2) is 4.68 Å². The highest BCUT2D eigenvalue weighted by Gasteiger charge is 2.15. The molecule has 1 atom stereocenters.